The summed E-state index contributed by atoms with van der Waals surface area (Å²) in [5.74, 6) is 0. The minimum absolute atomic E-state index is 0.692. The third kappa shape index (κ3) is 1.70. The first-order valence-corrected chi connectivity index (χ1v) is 4.61. The molecule has 0 radical (unpaired) electrons. The van der Waals surface area contributed by atoms with Crippen molar-refractivity contribution in [1.29, 1.82) is 0 Å². The van der Waals surface area contributed by atoms with E-state index in [1.165, 1.54) is 0 Å². The van der Waals surface area contributed by atoms with E-state index in [0.29, 0.717) is 5.69 Å². The van der Waals surface area contributed by atoms with Gasteiger partial charge < -0.3 is 5.73 Å². The molecule has 0 saturated heterocycles. The standard InChI is InChI=1S/C6H6Br2N2/c7-2-4-1-5(9)3-10-6(4)8/h1,3H,2,9H2. The molecule has 1 heterocycles. The lowest BCUT2D eigenvalue weighted by Crippen LogP contribution is -1.90. The molecule has 0 amide bonds. The highest BCUT2D eigenvalue weighted by atomic mass is 79.9. The van der Waals surface area contributed by atoms with Crippen LogP contribution in [0.3, 0.4) is 0 Å². The Labute approximate surface area is 76.1 Å². The maximum Gasteiger partial charge on any atom is 0.110 e. The van der Waals surface area contributed by atoms with Crippen LogP contribution >= 0.6 is 31.9 Å². The first-order valence-electron chi connectivity index (χ1n) is 2.70. The Hall–Kier alpha value is -0.0900. The number of rotatable bonds is 1. The van der Waals surface area contributed by atoms with Crippen molar-refractivity contribution in [2.45, 2.75) is 5.33 Å². The predicted molar refractivity (Wildman–Crippen MR) is 49.0 cm³/mol. The first-order chi connectivity index (χ1) is 4.74. The van der Waals surface area contributed by atoms with Crippen LogP contribution in [0.15, 0.2) is 16.9 Å². The second-order valence-corrected chi connectivity index (χ2v) is 3.16. The van der Waals surface area contributed by atoms with E-state index in [2.05, 4.69) is 36.8 Å². The summed E-state index contributed by atoms with van der Waals surface area (Å²) < 4.78 is 0.846. The molecule has 0 bridgehead atoms. The van der Waals surface area contributed by atoms with Crippen LogP contribution in [0.5, 0.6) is 0 Å². The fourth-order valence-electron chi connectivity index (χ4n) is 0.606. The summed E-state index contributed by atoms with van der Waals surface area (Å²) in [7, 11) is 0. The lowest BCUT2D eigenvalue weighted by molar-refractivity contribution is 1.21. The quantitative estimate of drug-likeness (QED) is 0.625. The lowest BCUT2D eigenvalue weighted by Gasteiger charge is -1.98. The summed E-state index contributed by atoms with van der Waals surface area (Å²) in [5.41, 5.74) is 7.26. The van der Waals surface area contributed by atoms with E-state index in [-0.39, 0.29) is 0 Å². The Bertz CT molecular complexity index is 237. The fraction of sp³-hybridized carbons (Fsp3) is 0.167. The van der Waals surface area contributed by atoms with Crippen LogP contribution in [0.25, 0.3) is 0 Å². The summed E-state index contributed by atoms with van der Waals surface area (Å²) in [4.78, 5) is 4.01. The number of alkyl halides is 1. The van der Waals surface area contributed by atoms with Crippen LogP contribution in [0.4, 0.5) is 5.69 Å². The molecule has 0 atom stereocenters. The van der Waals surface area contributed by atoms with Gasteiger partial charge in [-0.25, -0.2) is 4.98 Å². The van der Waals surface area contributed by atoms with Gasteiger partial charge in [0.2, 0.25) is 0 Å². The minimum Gasteiger partial charge on any atom is -0.397 e. The SMILES string of the molecule is Nc1cnc(Br)c(CBr)c1. The number of halogens is 2. The van der Waals surface area contributed by atoms with Crippen molar-refractivity contribution in [2.75, 3.05) is 5.73 Å². The number of anilines is 1. The van der Waals surface area contributed by atoms with Crippen LogP contribution in [0, 0.1) is 0 Å². The molecular formula is C6H6Br2N2. The topological polar surface area (TPSA) is 38.9 Å². The highest BCUT2D eigenvalue weighted by Crippen LogP contribution is 2.18. The number of nitrogens with two attached hydrogens (primary N) is 1. The normalized spacial score (nSPS) is 9.80. The van der Waals surface area contributed by atoms with Crippen molar-refractivity contribution < 1.29 is 0 Å². The summed E-state index contributed by atoms with van der Waals surface area (Å²) in [5, 5.41) is 0.769. The molecule has 0 unspecified atom stereocenters. The summed E-state index contributed by atoms with van der Waals surface area (Å²) in [6.45, 7) is 0. The van der Waals surface area contributed by atoms with Crippen molar-refractivity contribution in [1.82, 2.24) is 4.98 Å². The van der Waals surface area contributed by atoms with Crippen LogP contribution in [-0.2, 0) is 5.33 Å². The molecule has 0 aliphatic rings. The van der Waals surface area contributed by atoms with Gasteiger partial charge in [-0.3, -0.25) is 0 Å². The van der Waals surface area contributed by atoms with Gasteiger partial charge in [-0.2, -0.15) is 0 Å². The zero-order valence-corrected chi connectivity index (χ0v) is 8.31. The van der Waals surface area contributed by atoms with Gasteiger partial charge in [0, 0.05) is 5.33 Å². The highest BCUT2D eigenvalue weighted by molar-refractivity contribution is 9.10. The van der Waals surface area contributed by atoms with Crippen molar-refractivity contribution in [3.8, 4) is 0 Å². The van der Waals surface area contributed by atoms with E-state index in [4.69, 9.17) is 5.73 Å². The van der Waals surface area contributed by atoms with Gasteiger partial charge in [-0.1, -0.05) is 15.9 Å². The summed E-state index contributed by atoms with van der Waals surface area (Å²) >= 11 is 6.61. The Morgan fingerprint density at radius 1 is 1.60 bits per heavy atom. The van der Waals surface area contributed by atoms with Gasteiger partial charge in [-0.05, 0) is 27.6 Å². The number of hydrogen-bond donors (Lipinski definition) is 1. The van der Waals surface area contributed by atoms with E-state index < -0.39 is 0 Å². The number of aromatic nitrogens is 1. The second kappa shape index (κ2) is 3.34. The molecule has 0 aromatic carbocycles. The van der Waals surface area contributed by atoms with E-state index in [9.17, 15) is 0 Å². The third-order valence-corrected chi connectivity index (χ3v) is 2.39. The van der Waals surface area contributed by atoms with Gasteiger partial charge >= 0.3 is 0 Å². The molecule has 4 heteroatoms. The summed E-state index contributed by atoms with van der Waals surface area (Å²) in [6, 6.07) is 1.88. The maximum absolute atomic E-state index is 5.50. The molecule has 2 N–H and O–H groups in total. The molecule has 54 valence electrons. The van der Waals surface area contributed by atoms with E-state index >= 15 is 0 Å². The van der Waals surface area contributed by atoms with Crippen LogP contribution in [0.2, 0.25) is 0 Å². The van der Waals surface area contributed by atoms with Crippen molar-refractivity contribution in [2.24, 2.45) is 0 Å². The lowest BCUT2D eigenvalue weighted by atomic mass is 10.3. The maximum atomic E-state index is 5.50. The zero-order chi connectivity index (χ0) is 7.56. The fourth-order valence-corrected chi connectivity index (χ4v) is 1.77. The van der Waals surface area contributed by atoms with Crippen molar-refractivity contribution in [3.63, 3.8) is 0 Å². The number of nitrogens with zero attached hydrogens (tertiary/aromatic N) is 1. The Morgan fingerprint density at radius 3 is 2.80 bits per heavy atom. The first kappa shape index (κ1) is 8.01. The van der Waals surface area contributed by atoms with E-state index in [1.54, 1.807) is 6.20 Å². The molecule has 0 saturated carbocycles. The van der Waals surface area contributed by atoms with Gasteiger partial charge in [-0.15, -0.1) is 0 Å². The van der Waals surface area contributed by atoms with Gasteiger partial charge in [0.15, 0.2) is 0 Å². The second-order valence-electron chi connectivity index (χ2n) is 1.85. The highest BCUT2D eigenvalue weighted by Gasteiger charge is 1.98. The van der Waals surface area contributed by atoms with Crippen LogP contribution in [-0.4, -0.2) is 4.98 Å². The minimum atomic E-state index is 0.692. The Kier molecular flexibility index (Phi) is 2.68. The molecule has 1 aromatic rings. The van der Waals surface area contributed by atoms with Crippen molar-refractivity contribution in [3.05, 3.63) is 22.4 Å². The smallest absolute Gasteiger partial charge is 0.110 e. The van der Waals surface area contributed by atoms with Gasteiger partial charge in [0.25, 0.3) is 0 Å². The van der Waals surface area contributed by atoms with E-state index in [1.807, 2.05) is 6.07 Å². The molecule has 10 heavy (non-hydrogen) atoms. The molecule has 2 nitrogen and oxygen atoms in total. The Balaban J connectivity index is 3.09. The number of hydrogen-bond acceptors (Lipinski definition) is 2. The largest absolute Gasteiger partial charge is 0.397 e. The van der Waals surface area contributed by atoms with Crippen LogP contribution < -0.4 is 5.73 Å². The number of nitrogen functional groups attached to an aromatic ring is 1. The molecule has 1 rings (SSSR count). The summed E-state index contributed by atoms with van der Waals surface area (Å²) in [6.07, 6.45) is 1.62. The molecule has 0 spiro atoms. The Morgan fingerprint density at radius 2 is 2.30 bits per heavy atom. The molecule has 1 aromatic heterocycles. The average molecular weight is 266 g/mol. The van der Waals surface area contributed by atoms with Gasteiger partial charge in [0.05, 0.1) is 11.9 Å². The van der Waals surface area contributed by atoms with Crippen molar-refractivity contribution >= 4 is 37.5 Å². The number of pyridine rings is 1. The van der Waals surface area contributed by atoms with E-state index in [0.717, 1.165) is 15.5 Å². The molecule has 0 aliphatic heterocycles. The molecule has 0 aliphatic carbocycles. The third-order valence-electron chi connectivity index (χ3n) is 1.08. The zero-order valence-electron chi connectivity index (χ0n) is 5.14. The van der Waals surface area contributed by atoms with Gasteiger partial charge in [0.1, 0.15) is 4.60 Å². The monoisotopic (exact) mass is 264 g/mol. The average Bonchev–Trinajstić information content (AvgIpc) is 1.94. The predicted octanol–water partition coefficient (Wildman–Crippen LogP) is 2.32. The molecule has 0 fully saturated rings. The van der Waals surface area contributed by atoms with Crippen LogP contribution in [0.1, 0.15) is 5.56 Å². The molecular weight excluding hydrogens is 260 g/mol.